The second-order valence-corrected chi connectivity index (χ2v) is 6.56. The maximum atomic E-state index is 12.9. The fourth-order valence-corrected chi connectivity index (χ4v) is 3.19. The Morgan fingerprint density at radius 1 is 1.22 bits per heavy atom. The van der Waals surface area contributed by atoms with Gasteiger partial charge in [-0.05, 0) is 31.2 Å². The van der Waals surface area contributed by atoms with Crippen LogP contribution < -0.4 is 21.3 Å². The van der Waals surface area contributed by atoms with Gasteiger partial charge in [0.1, 0.15) is 5.76 Å². The fraction of sp³-hybridized carbons (Fsp3) is 0.200. The molecule has 138 valence electrons. The predicted octanol–water partition coefficient (Wildman–Crippen LogP) is 2.96. The average Bonchev–Trinajstić information content (AvgIpc) is 3.13. The van der Waals surface area contributed by atoms with Crippen molar-refractivity contribution in [3.05, 3.63) is 59.8 Å². The van der Waals surface area contributed by atoms with Gasteiger partial charge in [0.2, 0.25) is 5.91 Å². The number of para-hydroxylation sites is 1. The highest BCUT2D eigenvalue weighted by atomic mass is 16.5. The van der Waals surface area contributed by atoms with Crippen molar-refractivity contribution >= 4 is 34.6 Å². The number of carbonyl (C=O) groups is 2. The van der Waals surface area contributed by atoms with E-state index in [2.05, 4.69) is 21.3 Å². The number of anilines is 3. The normalized spacial score (nSPS) is 18.0. The highest BCUT2D eigenvalue weighted by Gasteiger charge is 2.22. The first kappa shape index (κ1) is 17.0. The molecule has 0 saturated carbocycles. The van der Waals surface area contributed by atoms with E-state index in [9.17, 15) is 9.59 Å². The van der Waals surface area contributed by atoms with Gasteiger partial charge in [-0.1, -0.05) is 18.2 Å². The zero-order valence-electron chi connectivity index (χ0n) is 14.8. The number of ether oxygens (including phenoxy) is 1. The molecule has 2 aliphatic rings. The van der Waals surface area contributed by atoms with Crippen LogP contribution in [0.5, 0.6) is 0 Å². The van der Waals surface area contributed by atoms with Crippen LogP contribution in [0.1, 0.15) is 29.3 Å². The van der Waals surface area contributed by atoms with Crippen LogP contribution >= 0.6 is 0 Å². The number of rotatable bonds is 3. The monoisotopic (exact) mass is 364 g/mol. The molecule has 2 amide bonds. The molecule has 0 unspecified atom stereocenters. The summed E-state index contributed by atoms with van der Waals surface area (Å²) in [7, 11) is 0. The minimum atomic E-state index is -0.251. The van der Waals surface area contributed by atoms with E-state index in [0.29, 0.717) is 35.8 Å². The highest BCUT2D eigenvalue weighted by Crippen LogP contribution is 2.31. The molecule has 4 rings (SSSR count). The van der Waals surface area contributed by atoms with Crippen molar-refractivity contribution < 1.29 is 14.3 Å². The topological polar surface area (TPSA) is 91.5 Å². The Hall–Kier alpha value is -3.48. The Morgan fingerprint density at radius 2 is 2.07 bits per heavy atom. The molecular weight excluding hydrogens is 344 g/mol. The molecule has 2 aromatic carbocycles. The highest BCUT2D eigenvalue weighted by molar-refractivity contribution is 6.11. The van der Waals surface area contributed by atoms with Crippen molar-refractivity contribution in [2.45, 2.75) is 19.4 Å². The van der Waals surface area contributed by atoms with E-state index in [-0.39, 0.29) is 17.9 Å². The molecule has 2 aliphatic heterocycles. The number of hydrogen-bond acceptors (Lipinski definition) is 5. The third-order valence-electron chi connectivity index (χ3n) is 4.41. The molecule has 7 heteroatoms. The lowest BCUT2D eigenvalue weighted by Gasteiger charge is -2.16. The first-order valence-electron chi connectivity index (χ1n) is 8.78. The van der Waals surface area contributed by atoms with Crippen molar-refractivity contribution in [1.82, 2.24) is 5.32 Å². The van der Waals surface area contributed by atoms with Crippen molar-refractivity contribution in [2.75, 3.05) is 22.7 Å². The van der Waals surface area contributed by atoms with Gasteiger partial charge in [0.15, 0.2) is 6.73 Å². The summed E-state index contributed by atoms with van der Waals surface area (Å²) in [6.45, 7) is 2.36. The van der Waals surface area contributed by atoms with E-state index in [1.54, 1.807) is 24.4 Å². The van der Waals surface area contributed by atoms with Gasteiger partial charge in [0.05, 0.1) is 16.9 Å². The number of fused-ring (bicyclic) bond motifs is 1. The quantitative estimate of drug-likeness (QED) is 0.672. The molecule has 0 fully saturated rings. The maximum Gasteiger partial charge on any atom is 0.257 e. The van der Waals surface area contributed by atoms with Crippen LogP contribution in [0.25, 0.3) is 5.76 Å². The molecule has 0 bridgehead atoms. The van der Waals surface area contributed by atoms with Gasteiger partial charge in [-0.15, -0.1) is 0 Å². The summed E-state index contributed by atoms with van der Waals surface area (Å²) in [5.41, 5.74) is 3.27. The summed E-state index contributed by atoms with van der Waals surface area (Å²) in [6.07, 6.45) is 2.15. The Labute approximate surface area is 156 Å². The molecule has 0 aromatic heterocycles. The van der Waals surface area contributed by atoms with Crippen LogP contribution in [0.2, 0.25) is 0 Å². The van der Waals surface area contributed by atoms with Gasteiger partial charge in [-0.2, -0.15) is 0 Å². The Bertz CT molecular complexity index is 939. The lowest BCUT2D eigenvalue weighted by atomic mass is 10.1. The first-order chi connectivity index (χ1) is 13.1. The third-order valence-corrected chi connectivity index (χ3v) is 4.41. The van der Waals surface area contributed by atoms with Gasteiger partial charge in [0.25, 0.3) is 5.91 Å². The van der Waals surface area contributed by atoms with Crippen LogP contribution in [0.3, 0.4) is 0 Å². The summed E-state index contributed by atoms with van der Waals surface area (Å²) in [5.74, 6) is 0.412. The number of amides is 2. The average molecular weight is 364 g/mol. The molecule has 0 radical (unpaired) electrons. The van der Waals surface area contributed by atoms with Crippen LogP contribution in [-0.4, -0.2) is 24.6 Å². The van der Waals surface area contributed by atoms with E-state index in [4.69, 9.17) is 4.74 Å². The minimum Gasteiger partial charge on any atom is -0.471 e. The summed E-state index contributed by atoms with van der Waals surface area (Å²) in [5, 5.41) is 12.0. The molecule has 2 aromatic rings. The van der Waals surface area contributed by atoms with Gasteiger partial charge < -0.3 is 26.0 Å². The van der Waals surface area contributed by atoms with Crippen molar-refractivity contribution in [3.63, 3.8) is 0 Å². The van der Waals surface area contributed by atoms with Crippen molar-refractivity contribution in [1.29, 1.82) is 0 Å². The van der Waals surface area contributed by atoms with E-state index in [1.165, 1.54) is 0 Å². The number of benzene rings is 2. The minimum absolute atomic E-state index is 0.0671. The fourth-order valence-electron chi connectivity index (χ4n) is 3.19. The molecule has 2 heterocycles. The molecule has 27 heavy (non-hydrogen) atoms. The summed E-state index contributed by atoms with van der Waals surface area (Å²) < 4.78 is 5.48. The molecule has 7 nitrogen and oxygen atoms in total. The summed E-state index contributed by atoms with van der Waals surface area (Å²) in [4.78, 5) is 24.8. The van der Waals surface area contributed by atoms with Gasteiger partial charge >= 0.3 is 0 Å². The van der Waals surface area contributed by atoms with E-state index in [0.717, 1.165) is 11.3 Å². The van der Waals surface area contributed by atoms with E-state index in [1.807, 2.05) is 31.2 Å². The van der Waals surface area contributed by atoms with Gasteiger partial charge in [0, 0.05) is 29.9 Å². The van der Waals surface area contributed by atoms with Crippen LogP contribution in [0.4, 0.5) is 17.1 Å². The Kier molecular flexibility index (Phi) is 4.42. The van der Waals surface area contributed by atoms with Crippen LogP contribution in [-0.2, 0) is 9.53 Å². The largest absolute Gasteiger partial charge is 0.471 e. The lowest BCUT2D eigenvalue weighted by Crippen LogP contribution is -2.20. The van der Waals surface area contributed by atoms with Gasteiger partial charge in [-0.3, -0.25) is 9.59 Å². The van der Waals surface area contributed by atoms with E-state index >= 15 is 0 Å². The molecule has 1 atom stereocenters. The zero-order valence-corrected chi connectivity index (χ0v) is 14.8. The molecule has 0 spiro atoms. The molecule has 0 saturated heterocycles. The summed E-state index contributed by atoms with van der Waals surface area (Å²) in [6, 6.07) is 12.7. The second-order valence-electron chi connectivity index (χ2n) is 6.56. The van der Waals surface area contributed by atoms with E-state index < -0.39 is 0 Å². The van der Waals surface area contributed by atoms with Crippen molar-refractivity contribution in [2.24, 2.45) is 0 Å². The number of nitrogens with one attached hydrogen (secondary N) is 4. The molecular formula is C20H20N4O3. The maximum absolute atomic E-state index is 12.9. The lowest BCUT2D eigenvalue weighted by molar-refractivity contribution is -0.116. The zero-order chi connectivity index (χ0) is 18.8. The second kappa shape index (κ2) is 7.03. The molecule has 4 N–H and O–H groups in total. The molecule has 0 aliphatic carbocycles. The predicted molar refractivity (Wildman–Crippen MR) is 104 cm³/mol. The standard InChI is InChI=1S/C20H20N4O3/c1-12-8-18(25)24-16-7-3-6-15(19(16)22-12)20(26)23-14-5-2-4-13(9-14)17-10-21-11-27-17/h2-7,9-10,12,21-22H,8,11H2,1H3,(H,23,26)(H,24,25)/t12-/m1/s1. The number of hydrogen-bond donors (Lipinski definition) is 4. The smallest absolute Gasteiger partial charge is 0.257 e. The van der Waals surface area contributed by atoms with Crippen LogP contribution in [0.15, 0.2) is 48.7 Å². The third kappa shape index (κ3) is 3.57. The SMILES string of the molecule is C[C@@H]1CC(=O)Nc2cccc(C(=O)Nc3cccc(C4=CNCO4)c3)c2N1. The summed E-state index contributed by atoms with van der Waals surface area (Å²) >= 11 is 0. The number of carbonyl (C=O) groups excluding carboxylic acids is 2. The van der Waals surface area contributed by atoms with Crippen LogP contribution in [0, 0.1) is 0 Å². The Balaban J connectivity index is 1.60. The van der Waals surface area contributed by atoms with Crippen molar-refractivity contribution in [3.8, 4) is 0 Å². The first-order valence-corrected chi connectivity index (χ1v) is 8.78. The Morgan fingerprint density at radius 3 is 2.89 bits per heavy atom. The van der Waals surface area contributed by atoms with Gasteiger partial charge in [-0.25, -0.2) is 0 Å².